The van der Waals surface area contributed by atoms with Crippen LogP contribution in [0.2, 0.25) is 0 Å². The van der Waals surface area contributed by atoms with E-state index in [0.717, 1.165) is 23.3 Å². The molecule has 3 amide bonds. The zero-order valence-corrected chi connectivity index (χ0v) is 24.3. The van der Waals surface area contributed by atoms with Gasteiger partial charge in [-0.3, -0.25) is 9.59 Å². The van der Waals surface area contributed by atoms with Crippen molar-refractivity contribution in [2.75, 3.05) is 18.4 Å². The van der Waals surface area contributed by atoms with Gasteiger partial charge in [0.2, 0.25) is 5.91 Å². The molecular weight excluding hydrogens is 559 g/mol. The van der Waals surface area contributed by atoms with E-state index >= 15 is 0 Å². The Kier molecular flexibility index (Phi) is 9.90. The molecule has 0 aliphatic rings. The van der Waals surface area contributed by atoms with Gasteiger partial charge in [-0.05, 0) is 61.2 Å². The fraction of sp³-hybridized carbons (Fsp3) is 0.303. The van der Waals surface area contributed by atoms with E-state index in [9.17, 15) is 27.6 Å². The summed E-state index contributed by atoms with van der Waals surface area (Å²) in [5.74, 6) is -0.179. The number of carbonyl (C=O) groups excluding carboxylic acids is 2. The lowest BCUT2D eigenvalue weighted by atomic mass is 10.1. The normalized spacial score (nSPS) is 11.5. The number of hydrogen-bond donors (Lipinski definition) is 1. The van der Waals surface area contributed by atoms with Crippen molar-refractivity contribution in [3.05, 3.63) is 112 Å². The minimum atomic E-state index is -4.50. The van der Waals surface area contributed by atoms with Crippen molar-refractivity contribution in [3.8, 4) is 0 Å². The molecule has 43 heavy (non-hydrogen) atoms. The second kappa shape index (κ2) is 13.6. The van der Waals surface area contributed by atoms with Gasteiger partial charge in [-0.25, -0.2) is 4.79 Å². The summed E-state index contributed by atoms with van der Waals surface area (Å²) in [7, 11) is 0. The van der Waals surface area contributed by atoms with Gasteiger partial charge >= 0.3 is 12.2 Å². The third-order valence-corrected chi connectivity index (χ3v) is 6.98. The van der Waals surface area contributed by atoms with E-state index in [1.165, 1.54) is 28.2 Å². The van der Waals surface area contributed by atoms with Crippen molar-refractivity contribution in [2.45, 2.75) is 46.5 Å². The van der Waals surface area contributed by atoms with Crippen LogP contribution in [0.25, 0.3) is 11.0 Å². The van der Waals surface area contributed by atoms with Gasteiger partial charge in [0, 0.05) is 18.8 Å². The van der Waals surface area contributed by atoms with Gasteiger partial charge in [-0.2, -0.15) is 13.2 Å². The molecule has 0 saturated carbocycles. The number of urea groups is 1. The molecule has 4 aromatic rings. The zero-order chi connectivity index (χ0) is 31.1. The number of amides is 3. The van der Waals surface area contributed by atoms with Crippen LogP contribution >= 0.6 is 0 Å². The van der Waals surface area contributed by atoms with Crippen LogP contribution in [0.5, 0.6) is 0 Å². The minimum Gasteiger partial charge on any atom is -0.464 e. The number of benzene rings is 3. The molecule has 4 rings (SSSR count). The first-order valence-electron chi connectivity index (χ1n) is 14.0. The lowest BCUT2D eigenvalue weighted by Crippen LogP contribution is -2.45. The van der Waals surface area contributed by atoms with Crippen molar-refractivity contribution in [1.29, 1.82) is 0 Å². The highest BCUT2D eigenvalue weighted by atomic mass is 19.4. The Labute approximate surface area is 247 Å². The third kappa shape index (κ3) is 8.47. The van der Waals surface area contributed by atoms with E-state index in [-0.39, 0.29) is 43.2 Å². The first-order chi connectivity index (χ1) is 20.4. The molecule has 10 heteroatoms. The van der Waals surface area contributed by atoms with Crippen molar-refractivity contribution in [3.63, 3.8) is 0 Å². The van der Waals surface area contributed by atoms with Crippen LogP contribution in [0.15, 0.2) is 88.3 Å². The Hall–Kier alpha value is -4.60. The average Bonchev–Trinajstić information content (AvgIpc) is 2.96. The number of halogens is 3. The molecule has 0 radical (unpaired) electrons. The van der Waals surface area contributed by atoms with Gasteiger partial charge in [-0.15, -0.1) is 0 Å². The van der Waals surface area contributed by atoms with Crippen molar-refractivity contribution in [2.24, 2.45) is 5.92 Å². The molecule has 1 heterocycles. The van der Waals surface area contributed by atoms with E-state index in [4.69, 9.17) is 4.42 Å². The number of anilines is 1. The van der Waals surface area contributed by atoms with Crippen LogP contribution < -0.4 is 10.7 Å². The van der Waals surface area contributed by atoms with Gasteiger partial charge < -0.3 is 19.5 Å². The third-order valence-electron chi connectivity index (χ3n) is 6.98. The summed E-state index contributed by atoms with van der Waals surface area (Å²) >= 11 is 0. The number of nitrogens with zero attached hydrogens (tertiary/aromatic N) is 2. The maximum absolute atomic E-state index is 13.8. The number of aryl methyl sites for hydroxylation is 1. The van der Waals surface area contributed by atoms with Crippen molar-refractivity contribution < 1.29 is 27.2 Å². The molecule has 0 atom stereocenters. The van der Waals surface area contributed by atoms with Crippen LogP contribution in [0, 0.1) is 12.8 Å². The highest BCUT2D eigenvalue weighted by molar-refractivity contribution is 5.92. The predicted octanol–water partition coefficient (Wildman–Crippen LogP) is 7.23. The topological polar surface area (TPSA) is 82.9 Å². The summed E-state index contributed by atoms with van der Waals surface area (Å²) in [4.78, 5) is 43.2. The largest absolute Gasteiger partial charge is 0.464 e. The van der Waals surface area contributed by atoms with Gasteiger partial charge in [0.25, 0.3) is 0 Å². The van der Waals surface area contributed by atoms with E-state index in [2.05, 4.69) is 5.32 Å². The number of rotatable bonds is 10. The minimum absolute atomic E-state index is 0.0432. The number of fused-ring (bicyclic) bond motifs is 1. The Bertz CT molecular complexity index is 1620. The van der Waals surface area contributed by atoms with E-state index < -0.39 is 23.7 Å². The summed E-state index contributed by atoms with van der Waals surface area (Å²) < 4.78 is 44.6. The van der Waals surface area contributed by atoms with Gasteiger partial charge in [0.1, 0.15) is 12.1 Å². The second-order valence-corrected chi connectivity index (χ2v) is 10.9. The van der Waals surface area contributed by atoms with E-state index in [1.54, 1.807) is 12.1 Å². The molecule has 7 nitrogen and oxygen atoms in total. The molecule has 0 fully saturated rings. The second-order valence-electron chi connectivity index (χ2n) is 10.9. The van der Waals surface area contributed by atoms with Crippen LogP contribution in [-0.2, 0) is 24.1 Å². The average molecular weight is 594 g/mol. The fourth-order valence-electron chi connectivity index (χ4n) is 4.51. The first-order valence-corrected chi connectivity index (χ1v) is 14.0. The van der Waals surface area contributed by atoms with Crippen molar-refractivity contribution in [1.82, 2.24) is 9.80 Å². The van der Waals surface area contributed by atoms with E-state index in [0.29, 0.717) is 23.0 Å². The van der Waals surface area contributed by atoms with Gasteiger partial charge in [0.05, 0.1) is 29.3 Å². The molecule has 0 spiro atoms. The van der Waals surface area contributed by atoms with Crippen LogP contribution in [0.3, 0.4) is 0 Å². The molecule has 3 aromatic carbocycles. The number of alkyl halides is 3. The van der Waals surface area contributed by atoms with E-state index in [1.807, 2.05) is 57.2 Å². The molecule has 0 aliphatic heterocycles. The summed E-state index contributed by atoms with van der Waals surface area (Å²) in [6, 6.07) is 18.1. The summed E-state index contributed by atoms with van der Waals surface area (Å²) in [6.07, 6.45) is -2.54. The van der Waals surface area contributed by atoms with Gasteiger partial charge in [0.15, 0.2) is 5.43 Å². The summed E-state index contributed by atoms with van der Waals surface area (Å²) in [5.41, 5.74) is 1.57. The number of hydrogen-bond acceptors (Lipinski definition) is 4. The van der Waals surface area contributed by atoms with Crippen LogP contribution in [-0.4, -0.2) is 34.8 Å². The SMILES string of the molecule is Cc1ccc2occ(CN(Cc3ccccc3)C(=O)CN(CCC(C)C)C(=O)Nc3ccc(C(F)(F)F)cc3)c(=O)c2c1. The molecule has 0 unspecified atom stereocenters. The smallest absolute Gasteiger partial charge is 0.416 e. The zero-order valence-electron chi connectivity index (χ0n) is 24.3. The standard InChI is InChI=1S/C33H34F3N3O4/c1-22(2)15-16-38(32(42)37-27-12-10-26(11-13-27)33(34,35)36)20-30(40)39(18-24-7-5-4-6-8-24)19-25-21-43-29-14-9-23(3)17-28(29)31(25)41/h4-14,17,21-22H,15-16,18-20H2,1-3H3,(H,37,42). The first kappa shape index (κ1) is 31.3. The fourth-order valence-corrected chi connectivity index (χ4v) is 4.51. The molecule has 226 valence electrons. The van der Waals surface area contributed by atoms with Crippen molar-refractivity contribution >= 4 is 28.6 Å². The highest BCUT2D eigenvalue weighted by Gasteiger charge is 2.30. The molecule has 0 bridgehead atoms. The van der Waals surface area contributed by atoms with Gasteiger partial charge in [-0.1, -0.05) is 55.8 Å². The summed E-state index contributed by atoms with van der Waals surface area (Å²) in [6.45, 7) is 5.92. The van der Waals surface area contributed by atoms with Crippen LogP contribution in [0.1, 0.15) is 42.5 Å². The van der Waals surface area contributed by atoms with Crippen LogP contribution in [0.4, 0.5) is 23.7 Å². The highest BCUT2D eigenvalue weighted by Crippen LogP contribution is 2.30. The molecule has 0 saturated heterocycles. The Balaban J connectivity index is 1.58. The lowest BCUT2D eigenvalue weighted by Gasteiger charge is -2.28. The summed E-state index contributed by atoms with van der Waals surface area (Å²) in [5, 5.41) is 3.02. The maximum Gasteiger partial charge on any atom is 0.416 e. The number of nitrogens with one attached hydrogen (secondary N) is 1. The molecule has 1 N–H and O–H groups in total. The Morgan fingerprint density at radius 3 is 2.28 bits per heavy atom. The Morgan fingerprint density at radius 1 is 0.930 bits per heavy atom. The molecular formula is C33H34F3N3O4. The number of carbonyl (C=O) groups is 2. The predicted molar refractivity (Wildman–Crippen MR) is 159 cm³/mol. The molecule has 1 aromatic heterocycles. The lowest BCUT2D eigenvalue weighted by molar-refractivity contribution is -0.137. The Morgan fingerprint density at radius 2 is 1.63 bits per heavy atom. The molecule has 0 aliphatic carbocycles. The maximum atomic E-state index is 13.8. The quantitative estimate of drug-likeness (QED) is 0.210. The monoisotopic (exact) mass is 593 g/mol.